The Hall–Kier alpha value is -3.26. The number of carbonyl (C=O) groups excluding carboxylic acids is 2. The Kier molecular flexibility index (Phi) is 10.7. The molecular weight excluding hydrogens is 548 g/mol. The summed E-state index contributed by atoms with van der Waals surface area (Å²) in [6, 6.07) is 12.4. The van der Waals surface area contributed by atoms with E-state index in [9.17, 15) is 18.4 Å². The fourth-order valence-electron chi connectivity index (χ4n) is 4.79. The fraction of sp³-hybridized carbons (Fsp3) is 0.469. The molecule has 41 heavy (non-hydrogen) atoms. The summed E-state index contributed by atoms with van der Waals surface area (Å²) >= 11 is 6.09. The van der Waals surface area contributed by atoms with Gasteiger partial charge in [-0.25, -0.2) is 13.8 Å². The Morgan fingerprint density at radius 2 is 1.71 bits per heavy atom. The maximum Gasteiger partial charge on any atom is 0.306 e. The molecule has 0 radical (unpaired) electrons. The number of alkyl halides is 1. The van der Waals surface area contributed by atoms with Crippen LogP contribution in [0.4, 0.5) is 8.78 Å². The molecule has 9 heteroatoms. The van der Waals surface area contributed by atoms with Crippen LogP contribution in [-0.2, 0) is 20.9 Å². The van der Waals surface area contributed by atoms with Crippen LogP contribution in [0.3, 0.4) is 0 Å². The first kappa shape index (κ1) is 32.3. The van der Waals surface area contributed by atoms with E-state index in [0.717, 1.165) is 23.8 Å². The Bertz CT molecular complexity index is 1330. The molecule has 1 unspecified atom stereocenters. The van der Waals surface area contributed by atoms with Gasteiger partial charge in [-0.3, -0.25) is 9.59 Å². The summed E-state index contributed by atoms with van der Waals surface area (Å²) in [5.41, 5.74) is 0.218. The lowest BCUT2D eigenvalue weighted by molar-refractivity contribution is -0.154. The molecule has 0 spiro atoms. The van der Waals surface area contributed by atoms with Gasteiger partial charge in [-0.15, -0.1) is 11.6 Å². The number of benzene rings is 2. The van der Waals surface area contributed by atoms with Crippen molar-refractivity contribution in [2.75, 3.05) is 12.4 Å². The zero-order chi connectivity index (χ0) is 30.4. The van der Waals surface area contributed by atoms with Crippen LogP contribution in [0.25, 0.3) is 11.3 Å². The predicted molar refractivity (Wildman–Crippen MR) is 157 cm³/mol. The van der Waals surface area contributed by atoms with Gasteiger partial charge in [0.1, 0.15) is 28.9 Å². The van der Waals surface area contributed by atoms with E-state index in [2.05, 4.69) is 0 Å². The summed E-state index contributed by atoms with van der Waals surface area (Å²) < 4.78 is 36.3. The second-order valence-electron chi connectivity index (χ2n) is 12.3. The average molecular weight is 588 g/mol. The van der Waals surface area contributed by atoms with Crippen LogP contribution >= 0.6 is 11.6 Å². The largest absolute Gasteiger partial charge is 0.460 e. The average Bonchev–Trinajstić information content (AvgIpc) is 3.28. The van der Waals surface area contributed by atoms with E-state index in [1.165, 1.54) is 0 Å². The molecule has 0 bridgehead atoms. The second kappa shape index (κ2) is 13.6. The number of halogens is 3. The molecule has 0 N–H and O–H groups in total. The van der Waals surface area contributed by atoms with Gasteiger partial charge >= 0.3 is 5.97 Å². The number of ether oxygens (including phenoxy) is 1. The first-order valence-corrected chi connectivity index (χ1v) is 14.4. The third kappa shape index (κ3) is 9.12. The SMILES string of the molecule is CC(C)(C)OC(=O)CCCCN(C(=O)CCl)C(c1nc(-c2cc(F)ccc2F)cn1Cc1ccccc1)C(C)(C)C. The number of amides is 1. The van der Waals surface area contributed by atoms with Crippen LogP contribution in [0.5, 0.6) is 0 Å². The fourth-order valence-corrected chi connectivity index (χ4v) is 4.95. The van der Waals surface area contributed by atoms with Crippen LogP contribution in [0, 0.1) is 17.0 Å². The Morgan fingerprint density at radius 1 is 1.02 bits per heavy atom. The minimum atomic E-state index is -0.592. The normalized spacial score (nSPS) is 12.7. The summed E-state index contributed by atoms with van der Waals surface area (Å²) in [6.45, 7) is 12.2. The maximum absolute atomic E-state index is 14.8. The quantitative estimate of drug-likeness (QED) is 0.132. The number of carbonyl (C=O) groups is 2. The van der Waals surface area contributed by atoms with Crippen molar-refractivity contribution >= 4 is 23.5 Å². The molecule has 0 fully saturated rings. The summed E-state index contributed by atoms with van der Waals surface area (Å²) in [4.78, 5) is 32.0. The van der Waals surface area contributed by atoms with E-state index in [1.807, 2.05) is 76.4 Å². The van der Waals surface area contributed by atoms with Crippen LogP contribution in [0.2, 0.25) is 0 Å². The number of aromatic nitrogens is 2. The first-order chi connectivity index (χ1) is 19.2. The van der Waals surface area contributed by atoms with Gasteiger partial charge < -0.3 is 14.2 Å². The molecule has 6 nitrogen and oxygen atoms in total. The van der Waals surface area contributed by atoms with Crippen molar-refractivity contribution in [2.45, 2.75) is 79.0 Å². The van der Waals surface area contributed by atoms with E-state index >= 15 is 0 Å². The number of unbranched alkanes of at least 4 members (excludes halogenated alkanes) is 1. The standard InChI is InChI=1S/C32H40ClF2N3O3/c1-31(2,3)29(38(27(39)19-33)17-11-10-14-28(40)41-32(4,5)6)30-36-26(24-18-23(34)15-16-25(24)35)21-37(30)20-22-12-8-7-9-13-22/h7-9,12-13,15-16,18,21,29H,10-11,14,17,19-20H2,1-6H3. The van der Waals surface area contributed by atoms with Crippen molar-refractivity contribution in [3.63, 3.8) is 0 Å². The highest BCUT2D eigenvalue weighted by Crippen LogP contribution is 2.39. The Labute approximate surface area is 246 Å². The van der Waals surface area contributed by atoms with E-state index in [0.29, 0.717) is 31.8 Å². The lowest BCUT2D eigenvalue weighted by Crippen LogP contribution is -2.43. The molecular formula is C32H40ClF2N3O3. The molecule has 0 saturated heterocycles. The molecule has 0 saturated carbocycles. The lowest BCUT2D eigenvalue weighted by Gasteiger charge is -2.40. The molecule has 1 aromatic heterocycles. The molecule has 3 aromatic rings. The molecule has 2 aromatic carbocycles. The zero-order valence-electron chi connectivity index (χ0n) is 24.7. The maximum atomic E-state index is 14.8. The third-order valence-corrected chi connectivity index (χ3v) is 6.70. The van der Waals surface area contributed by atoms with E-state index in [4.69, 9.17) is 21.3 Å². The second-order valence-corrected chi connectivity index (χ2v) is 12.5. The molecule has 0 aliphatic heterocycles. The van der Waals surface area contributed by atoms with Gasteiger partial charge in [-0.1, -0.05) is 51.1 Å². The molecule has 3 rings (SSSR count). The summed E-state index contributed by atoms with van der Waals surface area (Å²) in [5, 5.41) is 0. The molecule has 1 heterocycles. The summed E-state index contributed by atoms with van der Waals surface area (Å²) in [7, 11) is 0. The Balaban J connectivity index is 2.02. The van der Waals surface area contributed by atoms with Crippen molar-refractivity contribution in [2.24, 2.45) is 5.41 Å². The van der Waals surface area contributed by atoms with Gasteiger partial charge in [0.15, 0.2) is 0 Å². The first-order valence-electron chi connectivity index (χ1n) is 13.8. The van der Waals surface area contributed by atoms with Gasteiger partial charge in [0.05, 0.1) is 11.7 Å². The van der Waals surface area contributed by atoms with E-state index in [-0.39, 0.29) is 35.4 Å². The molecule has 1 amide bonds. The van der Waals surface area contributed by atoms with Crippen molar-refractivity contribution in [3.05, 3.63) is 77.8 Å². The van der Waals surface area contributed by atoms with Crippen molar-refractivity contribution < 1.29 is 23.1 Å². The molecule has 1 atom stereocenters. The number of esters is 1. The number of nitrogens with zero attached hydrogens (tertiary/aromatic N) is 3. The van der Waals surface area contributed by atoms with Crippen molar-refractivity contribution in [3.8, 4) is 11.3 Å². The minimum absolute atomic E-state index is 0.0401. The topological polar surface area (TPSA) is 64.4 Å². The minimum Gasteiger partial charge on any atom is -0.460 e. The number of rotatable bonds is 11. The van der Waals surface area contributed by atoms with E-state index in [1.54, 1.807) is 11.1 Å². The van der Waals surface area contributed by atoms with Crippen LogP contribution in [-0.4, -0.2) is 44.4 Å². The van der Waals surface area contributed by atoms with E-state index < -0.39 is 28.7 Å². The monoisotopic (exact) mass is 587 g/mol. The van der Waals surface area contributed by atoms with Crippen LogP contribution in [0.1, 0.15) is 78.2 Å². The third-order valence-electron chi connectivity index (χ3n) is 6.47. The summed E-state index contributed by atoms with van der Waals surface area (Å²) in [5.74, 6) is -1.44. The van der Waals surface area contributed by atoms with Gasteiger partial charge in [-0.2, -0.15) is 0 Å². The number of hydrogen-bond acceptors (Lipinski definition) is 4. The van der Waals surface area contributed by atoms with Gasteiger partial charge in [-0.05, 0) is 62.8 Å². The van der Waals surface area contributed by atoms with Crippen LogP contribution < -0.4 is 0 Å². The molecule has 0 aliphatic carbocycles. The van der Waals surface area contributed by atoms with Crippen LogP contribution in [0.15, 0.2) is 54.7 Å². The van der Waals surface area contributed by atoms with Gasteiger partial charge in [0, 0.05) is 31.3 Å². The predicted octanol–water partition coefficient (Wildman–Crippen LogP) is 7.54. The van der Waals surface area contributed by atoms with Gasteiger partial charge in [0.25, 0.3) is 0 Å². The smallest absolute Gasteiger partial charge is 0.306 e. The number of imidazole rings is 1. The lowest BCUT2D eigenvalue weighted by atomic mass is 9.84. The van der Waals surface area contributed by atoms with Gasteiger partial charge in [0.2, 0.25) is 5.91 Å². The van der Waals surface area contributed by atoms with Crippen molar-refractivity contribution in [1.82, 2.24) is 14.5 Å². The zero-order valence-corrected chi connectivity index (χ0v) is 25.5. The molecule has 0 aliphatic rings. The number of hydrogen-bond donors (Lipinski definition) is 0. The van der Waals surface area contributed by atoms with Crippen molar-refractivity contribution in [1.29, 1.82) is 0 Å². The Morgan fingerprint density at radius 3 is 2.32 bits per heavy atom. The highest BCUT2D eigenvalue weighted by Gasteiger charge is 2.38. The summed E-state index contributed by atoms with van der Waals surface area (Å²) in [6.07, 6.45) is 2.99. The molecule has 222 valence electrons. The highest BCUT2D eigenvalue weighted by molar-refractivity contribution is 6.27. The highest BCUT2D eigenvalue weighted by atomic mass is 35.5.